The first-order chi connectivity index (χ1) is 7.60. The van der Waals surface area contributed by atoms with Gasteiger partial charge < -0.3 is 0 Å². The molecule has 1 aromatic rings. The van der Waals surface area contributed by atoms with Crippen LogP contribution in [0.25, 0.3) is 0 Å². The summed E-state index contributed by atoms with van der Waals surface area (Å²) in [6, 6.07) is 6.84. The van der Waals surface area contributed by atoms with Crippen molar-refractivity contribution >= 4 is 10.0 Å². The normalized spacial score (nSPS) is 15.4. The van der Waals surface area contributed by atoms with Crippen LogP contribution < -0.4 is 0 Å². The van der Waals surface area contributed by atoms with Crippen molar-refractivity contribution in [3.8, 4) is 0 Å². The highest BCUT2D eigenvalue weighted by Gasteiger charge is 2.19. The van der Waals surface area contributed by atoms with Crippen molar-refractivity contribution in [1.29, 1.82) is 0 Å². The summed E-state index contributed by atoms with van der Waals surface area (Å²) in [6.45, 7) is 1.93. The summed E-state index contributed by atoms with van der Waals surface area (Å²) >= 11 is 0. The summed E-state index contributed by atoms with van der Waals surface area (Å²) in [6.07, 6.45) is 7.56. The molecule has 0 saturated carbocycles. The lowest BCUT2D eigenvalue weighted by Crippen LogP contribution is -2.21. The van der Waals surface area contributed by atoms with Crippen molar-refractivity contribution in [2.75, 3.05) is 0 Å². The van der Waals surface area contributed by atoms with E-state index >= 15 is 0 Å². The van der Waals surface area contributed by atoms with Gasteiger partial charge in [-0.3, -0.25) is 0 Å². The van der Waals surface area contributed by atoms with E-state index in [9.17, 15) is 8.42 Å². The Kier molecular flexibility index (Phi) is 2.83. The smallest absolute Gasteiger partial charge is 0.250 e. The van der Waals surface area contributed by atoms with Crippen LogP contribution in [-0.4, -0.2) is 12.7 Å². The standard InChI is InChI=1S/C12H13NO2S/c1-11-5-7-12(8-6-11)16(14,15)13-9-3-2-4-10-13/h3-10H,2H2,1H3. The molecule has 1 heterocycles. The molecule has 1 aliphatic rings. The van der Waals surface area contributed by atoms with Crippen LogP contribution in [0.4, 0.5) is 0 Å². The first-order valence-corrected chi connectivity index (χ1v) is 6.48. The monoisotopic (exact) mass is 235 g/mol. The summed E-state index contributed by atoms with van der Waals surface area (Å²) in [4.78, 5) is 0.314. The first kappa shape index (κ1) is 11.0. The van der Waals surface area contributed by atoms with Crippen molar-refractivity contribution in [3.05, 3.63) is 54.4 Å². The molecule has 0 aliphatic carbocycles. The SMILES string of the molecule is Cc1ccc(S(=O)(=O)N2C=CCC=C2)cc1. The summed E-state index contributed by atoms with van der Waals surface area (Å²) in [5, 5.41) is 0. The van der Waals surface area contributed by atoms with Gasteiger partial charge in [0.1, 0.15) is 0 Å². The van der Waals surface area contributed by atoms with E-state index in [0.29, 0.717) is 4.90 Å². The van der Waals surface area contributed by atoms with E-state index in [4.69, 9.17) is 0 Å². The third kappa shape index (κ3) is 2.02. The second-order valence-corrected chi connectivity index (χ2v) is 5.50. The summed E-state index contributed by atoms with van der Waals surface area (Å²) in [5.41, 5.74) is 1.05. The molecule has 2 rings (SSSR count). The molecule has 1 aromatic carbocycles. The quantitative estimate of drug-likeness (QED) is 0.789. The molecule has 0 bridgehead atoms. The van der Waals surface area contributed by atoms with Crippen LogP contribution in [0.1, 0.15) is 12.0 Å². The van der Waals surface area contributed by atoms with Crippen LogP contribution in [0.5, 0.6) is 0 Å². The Labute approximate surface area is 95.8 Å². The molecule has 4 heteroatoms. The molecule has 3 nitrogen and oxygen atoms in total. The summed E-state index contributed by atoms with van der Waals surface area (Å²) < 4.78 is 25.5. The second-order valence-electron chi connectivity index (χ2n) is 3.65. The molecule has 0 unspecified atom stereocenters. The van der Waals surface area contributed by atoms with E-state index < -0.39 is 10.0 Å². The number of benzene rings is 1. The predicted molar refractivity (Wildman–Crippen MR) is 63.1 cm³/mol. The van der Waals surface area contributed by atoms with Gasteiger partial charge in [0.05, 0.1) is 4.90 Å². The zero-order valence-corrected chi connectivity index (χ0v) is 9.81. The van der Waals surface area contributed by atoms with Gasteiger partial charge in [0.2, 0.25) is 0 Å². The van der Waals surface area contributed by atoms with Gasteiger partial charge in [-0.2, -0.15) is 0 Å². The van der Waals surface area contributed by atoms with E-state index in [1.807, 2.05) is 19.1 Å². The van der Waals surface area contributed by atoms with E-state index in [1.54, 1.807) is 36.7 Å². The Balaban J connectivity index is 2.38. The van der Waals surface area contributed by atoms with Crippen LogP contribution in [0.15, 0.2) is 53.7 Å². The molecule has 0 radical (unpaired) electrons. The molecule has 84 valence electrons. The molecule has 0 N–H and O–H groups in total. The highest BCUT2D eigenvalue weighted by atomic mass is 32.2. The van der Waals surface area contributed by atoms with E-state index in [2.05, 4.69) is 0 Å². The number of nitrogens with zero attached hydrogens (tertiary/aromatic N) is 1. The minimum Gasteiger partial charge on any atom is -0.250 e. The second kappa shape index (κ2) is 4.14. The van der Waals surface area contributed by atoms with Gasteiger partial charge in [-0.25, -0.2) is 12.7 Å². The molecular formula is C12H13NO2S. The van der Waals surface area contributed by atoms with Crippen LogP contribution in [0.3, 0.4) is 0 Å². The maximum Gasteiger partial charge on any atom is 0.267 e. The Morgan fingerprint density at radius 1 is 1.06 bits per heavy atom. The largest absolute Gasteiger partial charge is 0.267 e. The van der Waals surface area contributed by atoms with Crippen molar-refractivity contribution in [1.82, 2.24) is 4.31 Å². The Morgan fingerprint density at radius 2 is 1.62 bits per heavy atom. The topological polar surface area (TPSA) is 37.4 Å². The number of rotatable bonds is 2. The average Bonchev–Trinajstić information content (AvgIpc) is 2.31. The highest BCUT2D eigenvalue weighted by Crippen LogP contribution is 2.19. The van der Waals surface area contributed by atoms with E-state index in [0.717, 1.165) is 12.0 Å². The zero-order valence-electron chi connectivity index (χ0n) is 9.00. The summed E-state index contributed by atoms with van der Waals surface area (Å²) in [7, 11) is -3.42. The average molecular weight is 235 g/mol. The maximum atomic E-state index is 12.1. The summed E-state index contributed by atoms with van der Waals surface area (Å²) in [5.74, 6) is 0. The van der Waals surface area contributed by atoms with Crippen molar-refractivity contribution in [3.63, 3.8) is 0 Å². The molecule has 0 aromatic heterocycles. The molecule has 0 saturated heterocycles. The fourth-order valence-corrected chi connectivity index (χ4v) is 2.67. The van der Waals surface area contributed by atoms with Gasteiger partial charge in [-0.1, -0.05) is 29.8 Å². The lowest BCUT2D eigenvalue weighted by molar-refractivity contribution is 0.550. The first-order valence-electron chi connectivity index (χ1n) is 5.04. The predicted octanol–water partition coefficient (Wildman–Crippen LogP) is 2.42. The fraction of sp³-hybridized carbons (Fsp3) is 0.167. The number of sulfonamides is 1. The molecule has 0 fully saturated rings. The molecule has 0 atom stereocenters. The third-order valence-corrected chi connectivity index (χ3v) is 4.04. The van der Waals surface area contributed by atoms with Crippen LogP contribution in [0.2, 0.25) is 0 Å². The maximum absolute atomic E-state index is 12.1. The minimum atomic E-state index is -3.42. The molecule has 16 heavy (non-hydrogen) atoms. The highest BCUT2D eigenvalue weighted by molar-refractivity contribution is 7.89. The minimum absolute atomic E-state index is 0.314. The van der Waals surface area contributed by atoms with Gasteiger partial charge in [0.15, 0.2) is 0 Å². The Bertz CT molecular complexity index is 515. The van der Waals surface area contributed by atoms with Gasteiger partial charge in [0.25, 0.3) is 10.0 Å². The molecular weight excluding hydrogens is 222 g/mol. The van der Waals surface area contributed by atoms with E-state index in [-0.39, 0.29) is 0 Å². The third-order valence-electron chi connectivity index (χ3n) is 2.37. The van der Waals surface area contributed by atoms with Crippen molar-refractivity contribution < 1.29 is 8.42 Å². The van der Waals surface area contributed by atoms with Gasteiger partial charge in [-0.05, 0) is 25.5 Å². The number of allylic oxidation sites excluding steroid dienone is 2. The number of hydrogen-bond acceptors (Lipinski definition) is 2. The zero-order chi connectivity index (χ0) is 11.6. The number of aryl methyl sites for hydroxylation is 1. The van der Waals surface area contributed by atoms with Gasteiger partial charge in [0, 0.05) is 12.4 Å². The Hall–Kier alpha value is -1.55. The molecule has 0 spiro atoms. The van der Waals surface area contributed by atoms with Gasteiger partial charge in [-0.15, -0.1) is 0 Å². The fourth-order valence-electron chi connectivity index (χ4n) is 1.45. The van der Waals surface area contributed by atoms with Crippen LogP contribution >= 0.6 is 0 Å². The van der Waals surface area contributed by atoms with Crippen molar-refractivity contribution in [2.24, 2.45) is 0 Å². The Morgan fingerprint density at radius 3 is 2.19 bits per heavy atom. The van der Waals surface area contributed by atoms with Crippen LogP contribution in [-0.2, 0) is 10.0 Å². The molecule has 1 aliphatic heterocycles. The molecule has 0 amide bonds. The van der Waals surface area contributed by atoms with Crippen molar-refractivity contribution in [2.45, 2.75) is 18.2 Å². The lowest BCUT2D eigenvalue weighted by Gasteiger charge is -2.18. The van der Waals surface area contributed by atoms with E-state index in [1.165, 1.54) is 4.31 Å². The van der Waals surface area contributed by atoms with Gasteiger partial charge >= 0.3 is 0 Å². The number of hydrogen-bond donors (Lipinski definition) is 0. The van der Waals surface area contributed by atoms with Crippen LogP contribution in [0, 0.1) is 6.92 Å². The lowest BCUT2D eigenvalue weighted by atomic mass is 10.2.